The van der Waals surface area contributed by atoms with Gasteiger partial charge in [0.15, 0.2) is 5.76 Å². The maximum atomic E-state index is 12.2. The van der Waals surface area contributed by atoms with Crippen LogP contribution in [-0.2, 0) is 25.4 Å². The van der Waals surface area contributed by atoms with Crippen molar-refractivity contribution in [2.75, 3.05) is 13.4 Å². The number of hydrogen-bond acceptors (Lipinski definition) is 7. The summed E-state index contributed by atoms with van der Waals surface area (Å²) in [5, 5.41) is 13.1. The minimum absolute atomic E-state index is 0.101. The summed E-state index contributed by atoms with van der Waals surface area (Å²) in [6, 6.07) is 11.2. The first-order chi connectivity index (χ1) is 12.7. The summed E-state index contributed by atoms with van der Waals surface area (Å²) in [6.45, 7) is 2.18. The largest absolute Gasteiger partial charge is 0.491 e. The molecule has 1 aromatic carbocycles. The molecule has 2 heterocycles. The number of aromatic hydroxyl groups is 1. The molecule has 0 fully saturated rings. The zero-order chi connectivity index (χ0) is 18.4. The van der Waals surface area contributed by atoms with Gasteiger partial charge in [-0.25, -0.2) is 0 Å². The van der Waals surface area contributed by atoms with E-state index in [-0.39, 0.29) is 31.0 Å². The zero-order valence-electron chi connectivity index (χ0n) is 14.5. The van der Waals surface area contributed by atoms with Crippen molar-refractivity contribution in [2.24, 2.45) is 5.92 Å². The Kier molecular flexibility index (Phi) is 5.78. The normalized spacial score (nSPS) is 15.5. The van der Waals surface area contributed by atoms with Crippen LogP contribution in [0.2, 0.25) is 0 Å². The number of aromatic nitrogens is 1. The van der Waals surface area contributed by atoms with E-state index in [1.165, 1.54) is 12.3 Å². The van der Waals surface area contributed by atoms with E-state index in [4.69, 9.17) is 18.7 Å². The molecule has 0 saturated heterocycles. The van der Waals surface area contributed by atoms with E-state index in [1.54, 1.807) is 6.92 Å². The van der Waals surface area contributed by atoms with Crippen LogP contribution >= 0.6 is 0 Å². The molecule has 7 heteroatoms. The fourth-order valence-corrected chi connectivity index (χ4v) is 3.10. The highest BCUT2D eigenvalue weighted by molar-refractivity contribution is 5.70. The van der Waals surface area contributed by atoms with E-state index >= 15 is 0 Å². The predicted octanol–water partition coefficient (Wildman–Crippen LogP) is 3.12. The van der Waals surface area contributed by atoms with Gasteiger partial charge in [-0.15, -0.1) is 0 Å². The SMILES string of the molecule is CCOC(=O)CC(Cc1ccccc1)C(C1=COCO1)c1cc(O)no1. The molecule has 0 amide bonds. The van der Waals surface area contributed by atoms with Gasteiger partial charge in [0.25, 0.3) is 5.88 Å². The average Bonchev–Trinajstić information content (AvgIpc) is 3.29. The summed E-state index contributed by atoms with van der Waals surface area (Å²) in [6.07, 6.45) is 2.26. The van der Waals surface area contributed by atoms with Crippen molar-refractivity contribution in [3.05, 3.63) is 59.7 Å². The number of rotatable bonds is 8. The van der Waals surface area contributed by atoms with Gasteiger partial charge in [-0.3, -0.25) is 4.79 Å². The quantitative estimate of drug-likeness (QED) is 0.724. The van der Waals surface area contributed by atoms with E-state index in [0.717, 1.165) is 5.56 Å². The molecular weight excluding hydrogens is 338 g/mol. The fraction of sp³-hybridized carbons (Fsp3) is 0.368. The molecule has 2 unspecified atom stereocenters. The molecule has 1 aliphatic heterocycles. The lowest BCUT2D eigenvalue weighted by molar-refractivity contribution is -0.144. The molecule has 0 radical (unpaired) electrons. The third kappa shape index (κ3) is 4.36. The average molecular weight is 359 g/mol. The Bertz CT molecular complexity index is 754. The van der Waals surface area contributed by atoms with Gasteiger partial charge in [0.1, 0.15) is 12.0 Å². The Morgan fingerprint density at radius 3 is 2.77 bits per heavy atom. The van der Waals surface area contributed by atoms with Gasteiger partial charge in [-0.2, -0.15) is 0 Å². The first-order valence-electron chi connectivity index (χ1n) is 8.47. The summed E-state index contributed by atoms with van der Waals surface area (Å²) in [4.78, 5) is 12.2. The summed E-state index contributed by atoms with van der Waals surface area (Å²) in [5.41, 5.74) is 1.06. The Morgan fingerprint density at radius 2 is 2.15 bits per heavy atom. The number of hydrogen-bond donors (Lipinski definition) is 1. The van der Waals surface area contributed by atoms with Gasteiger partial charge in [-0.05, 0) is 30.0 Å². The molecule has 2 aromatic rings. The second kappa shape index (κ2) is 8.42. The highest BCUT2D eigenvalue weighted by Gasteiger charge is 2.35. The molecule has 26 heavy (non-hydrogen) atoms. The summed E-state index contributed by atoms with van der Waals surface area (Å²) >= 11 is 0. The highest BCUT2D eigenvalue weighted by atomic mass is 16.7. The van der Waals surface area contributed by atoms with Gasteiger partial charge >= 0.3 is 5.97 Å². The Morgan fingerprint density at radius 1 is 1.35 bits per heavy atom. The van der Waals surface area contributed by atoms with Gasteiger partial charge in [0, 0.05) is 12.5 Å². The van der Waals surface area contributed by atoms with Crippen LogP contribution in [0.5, 0.6) is 5.88 Å². The second-order valence-corrected chi connectivity index (χ2v) is 5.97. The molecule has 0 saturated carbocycles. The van der Waals surface area contributed by atoms with Crippen molar-refractivity contribution in [2.45, 2.75) is 25.7 Å². The van der Waals surface area contributed by atoms with E-state index in [0.29, 0.717) is 24.5 Å². The van der Waals surface area contributed by atoms with Crippen LogP contribution in [0.25, 0.3) is 0 Å². The molecule has 138 valence electrons. The first kappa shape index (κ1) is 17.8. The minimum Gasteiger partial charge on any atom is -0.491 e. The molecule has 1 aromatic heterocycles. The van der Waals surface area contributed by atoms with Crippen molar-refractivity contribution in [1.29, 1.82) is 0 Å². The lowest BCUT2D eigenvalue weighted by atomic mass is 9.81. The van der Waals surface area contributed by atoms with Crippen LogP contribution in [0.1, 0.15) is 30.6 Å². The van der Waals surface area contributed by atoms with E-state index < -0.39 is 5.92 Å². The molecule has 7 nitrogen and oxygen atoms in total. The van der Waals surface area contributed by atoms with Crippen molar-refractivity contribution >= 4 is 5.97 Å². The van der Waals surface area contributed by atoms with E-state index in [9.17, 15) is 9.90 Å². The third-order valence-electron chi connectivity index (χ3n) is 4.17. The summed E-state index contributed by atoms with van der Waals surface area (Å²) in [7, 11) is 0. The maximum absolute atomic E-state index is 12.2. The lowest BCUT2D eigenvalue weighted by Crippen LogP contribution is -2.22. The molecule has 0 spiro atoms. The van der Waals surface area contributed by atoms with Gasteiger partial charge < -0.3 is 23.8 Å². The van der Waals surface area contributed by atoms with Crippen LogP contribution in [0, 0.1) is 5.92 Å². The summed E-state index contributed by atoms with van der Waals surface area (Å²) < 4.78 is 21.2. The van der Waals surface area contributed by atoms with Crippen LogP contribution < -0.4 is 0 Å². The van der Waals surface area contributed by atoms with Gasteiger partial charge in [0.2, 0.25) is 6.79 Å². The Balaban J connectivity index is 1.92. The van der Waals surface area contributed by atoms with Crippen molar-refractivity contribution < 1.29 is 28.6 Å². The number of benzene rings is 1. The van der Waals surface area contributed by atoms with Crippen molar-refractivity contribution in [1.82, 2.24) is 5.16 Å². The third-order valence-corrected chi connectivity index (χ3v) is 4.17. The molecule has 1 N–H and O–H groups in total. The van der Waals surface area contributed by atoms with Crippen molar-refractivity contribution in [3.63, 3.8) is 0 Å². The number of nitrogens with zero attached hydrogens (tertiary/aromatic N) is 1. The molecule has 0 aliphatic carbocycles. The number of esters is 1. The predicted molar refractivity (Wildman–Crippen MR) is 90.9 cm³/mol. The standard InChI is InChI=1S/C19H21NO6/c1-2-24-18(22)9-14(8-13-6-4-3-5-7-13)19(16-11-23-12-25-16)15-10-17(21)20-26-15/h3-7,10-11,14,19H,2,8-9,12H2,1H3,(H,20,21). The topological polar surface area (TPSA) is 91.0 Å². The number of allylic oxidation sites excluding steroid dienone is 1. The number of ether oxygens (including phenoxy) is 3. The highest BCUT2D eigenvalue weighted by Crippen LogP contribution is 2.39. The number of carbonyl (C=O) groups excluding carboxylic acids is 1. The lowest BCUT2D eigenvalue weighted by Gasteiger charge is -2.24. The minimum atomic E-state index is -0.435. The van der Waals surface area contributed by atoms with Crippen LogP contribution in [0.15, 0.2) is 52.9 Å². The molecule has 2 atom stereocenters. The Labute approximate surface area is 151 Å². The van der Waals surface area contributed by atoms with Gasteiger partial charge in [-0.1, -0.05) is 30.3 Å². The van der Waals surface area contributed by atoms with Gasteiger partial charge in [0.05, 0.1) is 12.5 Å². The van der Waals surface area contributed by atoms with E-state index in [2.05, 4.69) is 5.16 Å². The molecule has 3 rings (SSSR count). The Hall–Kier alpha value is -2.96. The molecule has 0 bridgehead atoms. The van der Waals surface area contributed by atoms with Crippen LogP contribution in [-0.4, -0.2) is 29.6 Å². The van der Waals surface area contributed by atoms with Crippen molar-refractivity contribution in [3.8, 4) is 5.88 Å². The summed E-state index contributed by atoms with van der Waals surface area (Å²) in [5.74, 6) is -0.246. The smallest absolute Gasteiger partial charge is 0.306 e. The van der Waals surface area contributed by atoms with Crippen LogP contribution in [0.3, 0.4) is 0 Å². The first-order valence-corrected chi connectivity index (χ1v) is 8.47. The molecule has 1 aliphatic rings. The molecular formula is C19H21NO6. The zero-order valence-corrected chi connectivity index (χ0v) is 14.5. The maximum Gasteiger partial charge on any atom is 0.306 e. The van der Waals surface area contributed by atoms with E-state index in [1.807, 2.05) is 30.3 Å². The fourth-order valence-electron chi connectivity index (χ4n) is 3.10. The van der Waals surface area contributed by atoms with Crippen LogP contribution in [0.4, 0.5) is 0 Å². The second-order valence-electron chi connectivity index (χ2n) is 5.97. The number of carbonyl (C=O) groups is 1. The monoisotopic (exact) mass is 359 g/mol.